The first kappa shape index (κ1) is 19.6. The van der Waals surface area contributed by atoms with Crippen molar-refractivity contribution in [3.63, 3.8) is 0 Å². The van der Waals surface area contributed by atoms with Crippen molar-refractivity contribution < 1.29 is 14.6 Å². The number of rotatable bonds is 0. The SMILES string of the molecule is Cc1ccc2cc1COc1ccc(cc1)NC(=O)c1ccc(c(O)c1)-c1ccnc(n1)N2. The van der Waals surface area contributed by atoms with Gasteiger partial charge in [-0.25, -0.2) is 9.97 Å². The molecule has 0 saturated carbocycles. The normalized spacial score (nSPS) is 12.7. The molecule has 0 atom stereocenters. The van der Waals surface area contributed by atoms with E-state index in [2.05, 4.69) is 20.6 Å². The number of benzene rings is 3. The number of hydrogen-bond acceptors (Lipinski definition) is 6. The molecule has 0 fully saturated rings. The van der Waals surface area contributed by atoms with Gasteiger partial charge in [0.05, 0.1) is 5.69 Å². The first-order chi connectivity index (χ1) is 15.5. The van der Waals surface area contributed by atoms with Gasteiger partial charge in [-0.3, -0.25) is 4.79 Å². The maximum Gasteiger partial charge on any atom is 0.255 e. The Balaban J connectivity index is 1.60. The topological polar surface area (TPSA) is 96.4 Å². The van der Waals surface area contributed by atoms with Crippen LogP contribution in [0.3, 0.4) is 0 Å². The number of aromatic hydroxyl groups is 1. The fourth-order valence-corrected chi connectivity index (χ4v) is 3.49. The number of carbonyl (C=O) groups excluding carboxylic acids is 1. The van der Waals surface area contributed by atoms with Crippen LogP contribution in [-0.4, -0.2) is 21.0 Å². The molecule has 4 heterocycles. The predicted molar refractivity (Wildman–Crippen MR) is 122 cm³/mol. The number of nitrogens with one attached hydrogen (secondary N) is 2. The predicted octanol–water partition coefficient (Wildman–Crippen LogP) is 5.05. The third-order valence-corrected chi connectivity index (χ3v) is 5.30. The smallest absolute Gasteiger partial charge is 0.255 e. The van der Waals surface area contributed by atoms with Gasteiger partial charge in [0.25, 0.3) is 5.91 Å². The van der Waals surface area contributed by atoms with E-state index in [1.165, 1.54) is 6.07 Å². The molecule has 3 N–H and O–H groups in total. The lowest BCUT2D eigenvalue weighted by atomic mass is 10.1. The van der Waals surface area contributed by atoms with Gasteiger partial charge in [0.1, 0.15) is 18.1 Å². The van der Waals surface area contributed by atoms with E-state index in [4.69, 9.17) is 4.74 Å². The van der Waals surface area contributed by atoms with Crippen LogP contribution >= 0.6 is 0 Å². The molecule has 3 aliphatic heterocycles. The standard InChI is InChI=1S/C25H20N4O3/c1-15-2-4-19-12-17(15)14-32-20-7-5-18(6-8-20)27-24(31)16-3-9-21(23(30)13-16)22-10-11-26-25(28-19)29-22/h2-13,30H,14H2,1H3,(H,27,31)(H,26,28,29). The quantitative estimate of drug-likeness (QED) is 0.366. The molecule has 1 amide bonds. The summed E-state index contributed by atoms with van der Waals surface area (Å²) in [5.74, 6) is 0.723. The van der Waals surface area contributed by atoms with E-state index >= 15 is 0 Å². The van der Waals surface area contributed by atoms with Gasteiger partial charge in [0.15, 0.2) is 0 Å². The number of anilines is 3. The number of hydrogen-bond donors (Lipinski definition) is 3. The molecule has 7 heteroatoms. The van der Waals surface area contributed by atoms with Crippen LogP contribution in [0.25, 0.3) is 11.3 Å². The van der Waals surface area contributed by atoms with Crippen LogP contribution in [0.4, 0.5) is 17.3 Å². The van der Waals surface area contributed by atoms with Gasteiger partial charge in [0, 0.05) is 28.7 Å². The van der Waals surface area contributed by atoms with Crippen LogP contribution in [0, 0.1) is 6.92 Å². The van der Waals surface area contributed by atoms with E-state index < -0.39 is 0 Å². The number of carbonyl (C=O) groups is 1. The zero-order chi connectivity index (χ0) is 22.1. The van der Waals surface area contributed by atoms with Gasteiger partial charge in [-0.15, -0.1) is 0 Å². The van der Waals surface area contributed by atoms with E-state index in [0.29, 0.717) is 40.8 Å². The highest BCUT2D eigenvalue weighted by Gasteiger charge is 2.13. The van der Waals surface area contributed by atoms with Crippen LogP contribution < -0.4 is 15.4 Å². The Morgan fingerprint density at radius 2 is 1.75 bits per heavy atom. The minimum Gasteiger partial charge on any atom is -0.507 e. The zero-order valence-electron chi connectivity index (χ0n) is 17.3. The van der Waals surface area contributed by atoms with Crippen molar-refractivity contribution in [1.82, 2.24) is 9.97 Å². The van der Waals surface area contributed by atoms with Crippen LogP contribution in [0.15, 0.2) is 72.9 Å². The average molecular weight is 424 g/mol. The van der Waals surface area contributed by atoms with Crippen LogP contribution in [0.1, 0.15) is 21.5 Å². The number of nitrogens with zero attached hydrogens (tertiary/aromatic N) is 2. The van der Waals surface area contributed by atoms with Crippen LogP contribution in [0.5, 0.6) is 11.5 Å². The van der Waals surface area contributed by atoms with Crippen molar-refractivity contribution in [3.8, 4) is 22.8 Å². The Bertz CT molecular complexity index is 1320. The van der Waals surface area contributed by atoms with Crippen molar-refractivity contribution >= 4 is 23.2 Å². The van der Waals surface area contributed by atoms with Gasteiger partial charge in [-0.2, -0.15) is 0 Å². The Labute approximate surface area is 184 Å². The summed E-state index contributed by atoms with van der Waals surface area (Å²) in [6, 6.07) is 19.6. The van der Waals surface area contributed by atoms with Crippen molar-refractivity contribution in [2.24, 2.45) is 0 Å². The lowest BCUT2D eigenvalue weighted by Gasteiger charge is -2.12. The Hall–Kier alpha value is -4.39. The van der Waals surface area contributed by atoms with Gasteiger partial charge in [0.2, 0.25) is 5.95 Å². The van der Waals surface area contributed by atoms with Crippen molar-refractivity contribution in [2.45, 2.75) is 13.5 Å². The molecule has 0 radical (unpaired) electrons. The lowest BCUT2D eigenvalue weighted by Crippen LogP contribution is -2.11. The average Bonchev–Trinajstić information content (AvgIpc) is 2.80. The zero-order valence-corrected chi connectivity index (χ0v) is 17.3. The molecular formula is C25H20N4O3. The number of aromatic nitrogens is 2. The molecule has 0 unspecified atom stereocenters. The summed E-state index contributed by atoms with van der Waals surface area (Å²) >= 11 is 0. The molecule has 7 rings (SSSR count). The third-order valence-electron chi connectivity index (χ3n) is 5.30. The molecule has 158 valence electrons. The number of phenols is 1. The van der Waals surface area contributed by atoms with Crippen molar-refractivity contribution in [3.05, 3.63) is 89.6 Å². The summed E-state index contributed by atoms with van der Waals surface area (Å²) in [7, 11) is 0. The van der Waals surface area contributed by atoms with E-state index in [-0.39, 0.29) is 11.7 Å². The lowest BCUT2D eigenvalue weighted by molar-refractivity contribution is 0.102. The fourth-order valence-electron chi connectivity index (χ4n) is 3.49. The number of aryl methyl sites for hydroxylation is 1. The summed E-state index contributed by atoms with van der Waals surface area (Å²) in [6.45, 7) is 2.42. The number of fused-ring (bicyclic) bond motifs is 2. The second kappa shape index (κ2) is 8.03. The van der Waals surface area contributed by atoms with Crippen molar-refractivity contribution in [1.29, 1.82) is 0 Å². The molecule has 0 aliphatic carbocycles. The second-order valence-corrected chi connectivity index (χ2v) is 7.53. The van der Waals surface area contributed by atoms with Crippen LogP contribution in [0.2, 0.25) is 0 Å². The van der Waals surface area contributed by atoms with Gasteiger partial charge in [-0.1, -0.05) is 6.07 Å². The Morgan fingerprint density at radius 1 is 0.938 bits per heavy atom. The maximum absolute atomic E-state index is 12.6. The monoisotopic (exact) mass is 424 g/mol. The molecule has 0 saturated heterocycles. The largest absolute Gasteiger partial charge is 0.507 e. The molecule has 3 aliphatic rings. The molecule has 0 spiro atoms. The summed E-state index contributed by atoms with van der Waals surface area (Å²) < 4.78 is 5.94. The third kappa shape index (κ3) is 3.96. The Kier molecular flexibility index (Phi) is 4.91. The molecule has 8 bridgehead atoms. The van der Waals surface area contributed by atoms with Gasteiger partial charge >= 0.3 is 0 Å². The molecule has 32 heavy (non-hydrogen) atoms. The van der Waals surface area contributed by atoms with Gasteiger partial charge < -0.3 is 20.5 Å². The molecular weight excluding hydrogens is 404 g/mol. The number of ether oxygens (including phenoxy) is 1. The minimum absolute atomic E-state index is 0.0402. The second-order valence-electron chi connectivity index (χ2n) is 7.53. The number of amides is 1. The number of phenolic OH excluding ortho intramolecular Hbond substituents is 1. The maximum atomic E-state index is 12.6. The molecule has 1 aromatic heterocycles. The highest BCUT2D eigenvalue weighted by molar-refractivity contribution is 6.05. The summed E-state index contributed by atoms with van der Waals surface area (Å²) in [4.78, 5) is 21.4. The van der Waals surface area contributed by atoms with E-state index in [9.17, 15) is 9.90 Å². The van der Waals surface area contributed by atoms with Gasteiger partial charge in [-0.05, 0) is 78.7 Å². The molecule has 3 aromatic carbocycles. The van der Waals surface area contributed by atoms with Crippen LogP contribution in [-0.2, 0) is 6.61 Å². The van der Waals surface area contributed by atoms with E-state index in [1.54, 1.807) is 48.7 Å². The molecule has 7 nitrogen and oxygen atoms in total. The van der Waals surface area contributed by atoms with E-state index in [1.807, 2.05) is 25.1 Å². The fraction of sp³-hybridized carbons (Fsp3) is 0.0800. The Morgan fingerprint density at radius 3 is 2.56 bits per heavy atom. The highest BCUT2D eigenvalue weighted by Crippen LogP contribution is 2.30. The first-order valence-electron chi connectivity index (χ1n) is 10.1. The molecule has 4 aromatic rings. The minimum atomic E-state index is -0.324. The van der Waals surface area contributed by atoms with E-state index in [0.717, 1.165) is 16.8 Å². The summed E-state index contributed by atoms with van der Waals surface area (Å²) in [5, 5.41) is 16.6. The summed E-state index contributed by atoms with van der Waals surface area (Å²) in [5.41, 5.74) is 4.96. The first-order valence-corrected chi connectivity index (χ1v) is 10.1. The summed E-state index contributed by atoms with van der Waals surface area (Å²) in [6.07, 6.45) is 1.62. The van der Waals surface area contributed by atoms with Crippen molar-refractivity contribution in [2.75, 3.05) is 10.6 Å². The highest BCUT2D eigenvalue weighted by atomic mass is 16.5.